The van der Waals surface area contributed by atoms with Gasteiger partial charge < -0.3 is 15.5 Å². The lowest BCUT2D eigenvalue weighted by Crippen LogP contribution is -2.26. The molecule has 4 heteroatoms. The van der Waals surface area contributed by atoms with Crippen LogP contribution in [-0.4, -0.2) is 18.1 Å². The maximum Gasteiger partial charge on any atom is 0.197 e. The van der Waals surface area contributed by atoms with Crippen LogP contribution >= 0.6 is 0 Å². The molecule has 0 bridgehead atoms. The van der Waals surface area contributed by atoms with E-state index >= 15 is 0 Å². The zero-order valence-electron chi connectivity index (χ0n) is 8.49. The Bertz CT molecular complexity index is 289. The smallest absolute Gasteiger partial charge is 0.197 e. The van der Waals surface area contributed by atoms with Crippen molar-refractivity contribution in [1.29, 1.82) is 0 Å². The summed E-state index contributed by atoms with van der Waals surface area (Å²) >= 11 is 0. The van der Waals surface area contributed by atoms with Crippen LogP contribution in [0.4, 0.5) is 0 Å². The van der Waals surface area contributed by atoms with Crippen LogP contribution in [0.25, 0.3) is 0 Å². The van der Waals surface area contributed by atoms with Gasteiger partial charge in [0.25, 0.3) is 0 Å². The van der Waals surface area contributed by atoms with Crippen LogP contribution in [0, 0.1) is 0 Å². The number of hydrogen-bond acceptors (Lipinski definition) is 4. The summed E-state index contributed by atoms with van der Waals surface area (Å²) in [6.45, 7) is 4.03. The Hall–Kier alpha value is -0.870. The number of aromatic nitrogens is 1. The molecule has 2 rings (SSSR count). The summed E-state index contributed by atoms with van der Waals surface area (Å²) in [4.78, 5) is 4.41. The number of rotatable bonds is 2. The van der Waals surface area contributed by atoms with E-state index in [0.717, 1.165) is 37.5 Å². The molecule has 78 valence electrons. The van der Waals surface area contributed by atoms with Gasteiger partial charge in [-0.1, -0.05) is 0 Å². The molecule has 0 radical (unpaired) electrons. The minimum absolute atomic E-state index is 0.0331. The predicted octanol–water partition coefficient (Wildman–Crippen LogP) is 1.16. The highest BCUT2D eigenvalue weighted by atomic mass is 16.3. The Morgan fingerprint density at radius 2 is 2.29 bits per heavy atom. The van der Waals surface area contributed by atoms with Crippen LogP contribution in [0.5, 0.6) is 0 Å². The fourth-order valence-corrected chi connectivity index (χ4v) is 1.77. The van der Waals surface area contributed by atoms with Crippen LogP contribution in [0.3, 0.4) is 0 Å². The normalized spacial score (nSPS) is 21.0. The van der Waals surface area contributed by atoms with Gasteiger partial charge in [0.2, 0.25) is 0 Å². The Morgan fingerprint density at radius 1 is 1.57 bits per heavy atom. The second-order valence-electron chi connectivity index (χ2n) is 3.92. The van der Waals surface area contributed by atoms with E-state index in [0.29, 0.717) is 5.92 Å². The number of nitrogens with two attached hydrogens (primary N) is 1. The van der Waals surface area contributed by atoms with Gasteiger partial charge >= 0.3 is 0 Å². The Labute approximate surface area is 83.9 Å². The Morgan fingerprint density at radius 3 is 2.86 bits per heavy atom. The van der Waals surface area contributed by atoms with Gasteiger partial charge in [-0.3, -0.25) is 0 Å². The lowest BCUT2D eigenvalue weighted by molar-refractivity contribution is 0.374. The SMILES string of the molecule is CC(N)c1coc(C2CCNCC2)n1. The molecule has 1 aromatic rings. The fourth-order valence-electron chi connectivity index (χ4n) is 1.77. The van der Waals surface area contributed by atoms with Gasteiger partial charge in [0.15, 0.2) is 5.89 Å². The van der Waals surface area contributed by atoms with E-state index in [4.69, 9.17) is 10.2 Å². The molecule has 1 unspecified atom stereocenters. The third-order valence-corrected chi connectivity index (χ3v) is 2.69. The molecule has 1 aliphatic heterocycles. The van der Waals surface area contributed by atoms with Crippen molar-refractivity contribution in [1.82, 2.24) is 10.3 Å². The number of nitrogens with one attached hydrogen (secondary N) is 1. The molecule has 0 amide bonds. The molecule has 4 nitrogen and oxygen atoms in total. The molecule has 0 saturated carbocycles. The maximum atomic E-state index is 5.72. The molecule has 0 spiro atoms. The van der Waals surface area contributed by atoms with E-state index in [1.54, 1.807) is 6.26 Å². The van der Waals surface area contributed by atoms with Gasteiger partial charge in [-0.25, -0.2) is 4.98 Å². The van der Waals surface area contributed by atoms with Gasteiger partial charge in [-0.2, -0.15) is 0 Å². The molecule has 0 aliphatic carbocycles. The molecule has 1 aromatic heterocycles. The first-order valence-electron chi connectivity index (χ1n) is 5.19. The van der Waals surface area contributed by atoms with Crippen LogP contribution < -0.4 is 11.1 Å². The lowest BCUT2D eigenvalue weighted by Gasteiger charge is -2.19. The van der Waals surface area contributed by atoms with Gasteiger partial charge in [-0.15, -0.1) is 0 Å². The van der Waals surface area contributed by atoms with Crippen molar-refractivity contribution in [3.05, 3.63) is 17.8 Å². The van der Waals surface area contributed by atoms with E-state index < -0.39 is 0 Å². The second-order valence-corrected chi connectivity index (χ2v) is 3.92. The minimum atomic E-state index is -0.0331. The zero-order chi connectivity index (χ0) is 9.97. The topological polar surface area (TPSA) is 64.1 Å². The number of hydrogen-bond donors (Lipinski definition) is 2. The van der Waals surface area contributed by atoms with Gasteiger partial charge in [0.1, 0.15) is 6.26 Å². The van der Waals surface area contributed by atoms with Crippen molar-refractivity contribution in [3.63, 3.8) is 0 Å². The van der Waals surface area contributed by atoms with Crippen LogP contribution in [0.15, 0.2) is 10.7 Å². The van der Waals surface area contributed by atoms with Crippen LogP contribution in [0.1, 0.15) is 43.3 Å². The zero-order valence-corrected chi connectivity index (χ0v) is 8.49. The maximum absolute atomic E-state index is 5.72. The first kappa shape index (κ1) is 9.68. The van der Waals surface area contributed by atoms with Gasteiger partial charge in [-0.05, 0) is 32.9 Å². The molecule has 14 heavy (non-hydrogen) atoms. The largest absolute Gasteiger partial charge is 0.448 e. The van der Waals surface area contributed by atoms with E-state index in [9.17, 15) is 0 Å². The highest BCUT2D eigenvalue weighted by molar-refractivity contribution is 5.05. The summed E-state index contributed by atoms with van der Waals surface area (Å²) in [6.07, 6.45) is 3.90. The summed E-state index contributed by atoms with van der Waals surface area (Å²) in [5, 5.41) is 3.32. The number of oxazole rings is 1. The van der Waals surface area contributed by atoms with E-state index in [1.165, 1.54) is 0 Å². The third-order valence-electron chi connectivity index (χ3n) is 2.69. The van der Waals surface area contributed by atoms with Gasteiger partial charge in [0, 0.05) is 12.0 Å². The molecular weight excluding hydrogens is 178 g/mol. The molecule has 1 fully saturated rings. The Kier molecular flexibility index (Phi) is 2.84. The summed E-state index contributed by atoms with van der Waals surface area (Å²) in [5.74, 6) is 1.34. The first-order chi connectivity index (χ1) is 6.77. The van der Waals surface area contributed by atoms with Crippen molar-refractivity contribution in [2.45, 2.75) is 31.7 Å². The summed E-state index contributed by atoms with van der Waals surface area (Å²) in [6, 6.07) is -0.0331. The lowest BCUT2D eigenvalue weighted by atomic mass is 9.98. The fraction of sp³-hybridized carbons (Fsp3) is 0.700. The quantitative estimate of drug-likeness (QED) is 0.743. The van der Waals surface area contributed by atoms with Crippen LogP contribution in [-0.2, 0) is 0 Å². The average Bonchev–Trinajstić information content (AvgIpc) is 2.68. The standard InChI is InChI=1S/C10H17N3O/c1-7(11)9-6-14-10(13-9)8-2-4-12-5-3-8/h6-8,12H,2-5,11H2,1H3. The van der Waals surface area contributed by atoms with Crippen LogP contribution in [0.2, 0.25) is 0 Å². The summed E-state index contributed by atoms with van der Waals surface area (Å²) < 4.78 is 5.45. The van der Waals surface area contributed by atoms with Gasteiger partial charge in [0.05, 0.1) is 5.69 Å². The molecule has 1 saturated heterocycles. The molecule has 1 atom stereocenters. The van der Waals surface area contributed by atoms with Crippen molar-refractivity contribution in [2.75, 3.05) is 13.1 Å². The first-order valence-corrected chi connectivity index (χ1v) is 5.19. The molecular formula is C10H17N3O. The van der Waals surface area contributed by atoms with E-state index in [2.05, 4.69) is 10.3 Å². The second kappa shape index (κ2) is 4.11. The summed E-state index contributed by atoms with van der Waals surface area (Å²) in [5.41, 5.74) is 6.58. The number of piperidine rings is 1. The molecule has 1 aliphatic rings. The van der Waals surface area contributed by atoms with Crippen molar-refractivity contribution >= 4 is 0 Å². The average molecular weight is 195 g/mol. The Balaban J connectivity index is 2.07. The molecule has 3 N–H and O–H groups in total. The van der Waals surface area contributed by atoms with E-state index in [1.807, 2.05) is 6.92 Å². The molecule has 0 aromatic carbocycles. The minimum Gasteiger partial charge on any atom is -0.448 e. The monoisotopic (exact) mass is 195 g/mol. The van der Waals surface area contributed by atoms with Crippen molar-refractivity contribution < 1.29 is 4.42 Å². The molecule has 2 heterocycles. The summed E-state index contributed by atoms with van der Waals surface area (Å²) in [7, 11) is 0. The number of nitrogens with zero attached hydrogens (tertiary/aromatic N) is 1. The van der Waals surface area contributed by atoms with Crippen molar-refractivity contribution in [3.8, 4) is 0 Å². The third kappa shape index (κ3) is 1.96. The van der Waals surface area contributed by atoms with Crippen molar-refractivity contribution in [2.24, 2.45) is 5.73 Å². The predicted molar refractivity (Wildman–Crippen MR) is 54.0 cm³/mol. The highest BCUT2D eigenvalue weighted by Crippen LogP contribution is 2.25. The van der Waals surface area contributed by atoms with E-state index in [-0.39, 0.29) is 6.04 Å². The highest BCUT2D eigenvalue weighted by Gasteiger charge is 2.20.